The molecule has 5 nitrogen and oxygen atoms in total. The number of hydrogen-bond acceptors (Lipinski definition) is 2. The fourth-order valence-corrected chi connectivity index (χ4v) is 3.11. The highest BCUT2D eigenvalue weighted by molar-refractivity contribution is 14.0. The number of halogens is 1. The lowest BCUT2D eigenvalue weighted by Crippen LogP contribution is -2.43. The van der Waals surface area contributed by atoms with Crippen molar-refractivity contribution in [2.24, 2.45) is 16.6 Å². The number of nitrogens with zero attached hydrogens (tertiary/aromatic N) is 2. The number of likely N-dealkylation sites (tertiary alicyclic amines) is 1. The standard InChI is InChI=1S/C14H26N4O.HI/c1-2-16-14(15)17-12-8-9-18(10-12)13(19)11-6-4-3-5-7-11;/h11-12H,2-10H2,1H3,(H3,15,16,17);1H. The van der Waals surface area contributed by atoms with E-state index in [2.05, 4.69) is 10.3 Å². The quantitative estimate of drug-likeness (QED) is 0.435. The number of hydrogen-bond donors (Lipinski definition) is 2. The number of nitrogens with one attached hydrogen (secondary N) is 1. The van der Waals surface area contributed by atoms with Crippen LogP contribution in [0.1, 0.15) is 45.4 Å². The number of carbonyl (C=O) groups excluding carboxylic acids is 1. The summed E-state index contributed by atoms with van der Waals surface area (Å²) in [5, 5.41) is 3.20. The van der Waals surface area contributed by atoms with Gasteiger partial charge in [0.25, 0.3) is 0 Å². The van der Waals surface area contributed by atoms with Gasteiger partial charge in [-0.2, -0.15) is 0 Å². The molecule has 3 N–H and O–H groups in total. The Hall–Kier alpha value is -0.530. The van der Waals surface area contributed by atoms with Crippen molar-refractivity contribution in [2.75, 3.05) is 19.6 Å². The molecule has 0 aromatic rings. The molecule has 0 aromatic carbocycles. The predicted octanol–water partition coefficient (Wildman–Crippen LogP) is 1.71. The van der Waals surface area contributed by atoms with E-state index in [-0.39, 0.29) is 35.9 Å². The second kappa shape index (κ2) is 8.69. The van der Waals surface area contributed by atoms with E-state index in [1.165, 1.54) is 19.3 Å². The SMILES string of the molecule is CCN=C(N)NC1CCN(C(=O)C2CCCCC2)C1.I. The highest BCUT2D eigenvalue weighted by Gasteiger charge is 2.31. The Morgan fingerprint density at radius 3 is 2.65 bits per heavy atom. The van der Waals surface area contributed by atoms with Crippen LogP contribution in [-0.4, -0.2) is 42.4 Å². The average molecular weight is 394 g/mol. The fourth-order valence-electron chi connectivity index (χ4n) is 3.11. The van der Waals surface area contributed by atoms with Crippen LogP contribution in [0.4, 0.5) is 0 Å². The molecule has 116 valence electrons. The minimum absolute atomic E-state index is 0. The highest BCUT2D eigenvalue weighted by atomic mass is 127. The van der Waals surface area contributed by atoms with Gasteiger partial charge < -0.3 is 16.0 Å². The van der Waals surface area contributed by atoms with Crippen molar-refractivity contribution in [3.8, 4) is 0 Å². The number of aliphatic imine (C=N–C) groups is 1. The van der Waals surface area contributed by atoms with Crippen molar-refractivity contribution in [3.63, 3.8) is 0 Å². The number of rotatable bonds is 3. The number of amides is 1. The van der Waals surface area contributed by atoms with Gasteiger partial charge in [-0.15, -0.1) is 24.0 Å². The first-order valence-corrected chi connectivity index (χ1v) is 7.56. The summed E-state index contributed by atoms with van der Waals surface area (Å²) in [4.78, 5) is 18.5. The third kappa shape index (κ3) is 4.79. The van der Waals surface area contributed by atoms with Crippen molar-refractivity contribution in [1.29, 1.82) is 0 Å². The minimum atomic E-state index is 0. The average Bonchev–Trinajstić information content (AvgIpc) is 2.87. The maximum Gasteiger partial charge on any atom is 0.225 e. The Morgan fingerprint density at radius 2 is 2.00 bits per heavy atom. The van der Waals surface area contributed by atoms with E-state index in [4.69, 9.17) is 5.73 Å². The maximum absolute atomic E-state index is 12.4. The van der Waals surface area contributed by atoms with Crippen LogP contribution >= 0.6 is 24.0 Å². The van der Waals surface area contributed by atoms with E-state index in [9.17, 15) is 4.79 Å². The molecule has 1 aliphatic carbocycles. The van der Waals surface area contributed by atoms with Crippen molar-refractivity contribution in [1.82, 2.24) is 10.2 Å². The molecule has 1 saturated heterocycles. The first kappa shape index (κ1) is 17.5. The predicted molar refractivity (Wildman–Crippen MR) is 92.3 cm³/mol. The summed E-state index contributed by atoms with van der Waals surface area (Å²) in [5.41, 5.74) is 5.76. The molecule has 1 saturated carbocycles. The molecule has 1 unspecified atom stereocenters. The van der Waals surface area contributed by atoms with Crippen molar-refractivity contribution >= 4 is 35.8 Å². The zero-order chi connectivity index (χ0) is 13.7. The lowest BCUT2D eigenvalue weighted by atomic mass is 9.88. The lowest BCUT2D eigenvalue weighted by Gasteiger charge is -2.26. The van der Waals surface area contributed by atoms with Crippen molar-refractivity contribution in [3.05, 3.63) is 0 Å². The molecule has 0 aromatic heterocycles. The van der Waals surface area contributed by atoms with Gasteiger partial charge in [-0.25, -0.2) is 0 Å². The van der Waals surface area contributed by atoms with Gasteiger partial charge in [0.2, 0.25) is 5.91 Å². The van der Waals surface area contributed by atoms with Crippen molar-refractivity contribution in [2.45, 2.75) is 51.5 Å². The van der Waals surface area contributed by atoms with Crippen LogP contribution in [0.15, 0.2) is 4.99 Å². The fraction of sp³-hybridized carbons (Fsp3) is 0.857. The van der Waals surface area contributed by atoms with Gasteiger partial charge in [-0.05, 0) is 26.2 Å². The molecule has 1 atom stereocenters. The van der Waals surface area contributed by atoms with E-state index in [1.54, 1.807) is 0 Å². The van der Waals surface area contributed by atoms with Gasteiger partial charge in [0.05, 0.1) is 0 Å². The summed E-state index contributed by atoms with van der Waals surface area (Å²) < 4.78 is 0. The third-order valence-electron chi connectivity index (χ3n) is 4.13. The summed E-state index contributed by atoms with van der Waals surface area (Å²) in [5.74, 6) is 1.13. The van der Waals surface area contributed by atoms with Crippen LogP contribution in [0.5, 0.6) is 0 Å². The molecule has 6 heteroatoms. The summed E-state index contributed by atoms with van der Waals surface area (Å²) in [6.45, 7) is 4.28. The number of carbonyl (C=O) groups is 1. The first-order chi connectivity index (χ1) is 9.20. The molecule has 20 heavy (non-hydrogen) atoms. The normalized spacial score (nSPS) is 24.4. The molecular weight excluding hydrogens is 367 g/mol. The number of guanidine groups is 1. The number of nitrogens with two attached hydrogens (primary N) is 1. The lowest BCUT2D eigenvalue weighted by molar-refractivity contribution is -0.135. The van der Waals surface area contributed by atoms with Gasteiger partial charge >= 0.3 is 0 Å². The van der Waals surface area contributed by atoms with Gasteiger partial charge in [-0.3, -0.25) is 9.79 Å². The van der Waals surface area contributed by atoms with E-state index < -0.39 is 0 Å². The Balaban J connectivity index is 0.00000200. The van der Waals surface area contributed by atoms with Gasteiger partial charge in [0, 0.05) is 31.6 Å². The summed E-state index contributed by atoms with van der Waals surface area (Å²) in [7, 11) is 0. The zero-order valence-electron chi connectivity index (χ0n) is 12.3. The van der Waals surface area contributed by atoms with Gasteiger partial charge in [-0.1, -0.05) is 19.3 Å². The molecule has 0 bridgehead atoms. The second-order valence-corrected chi connectivity index (χ2v) is 5.61. The van der Waals surface area contributed by atoms with Crippen LogP contribution in [-0.2, 0) is 4.79 Å². The van der Waals surface area contributed by atoms with Crippen LogP contribution in [0.25, 0.3) is 0 Å². The first-order valence-electron chi connectivity index (χ1n) is 7.56. The van der Waals surface area contributed by atoms with E-state index in [0.29, 0.717) is 18.4 Å². The zero-order valence-corrected chi connectivity index (χ0v) is 14.6. The molecular formula is C14H27IN4O. The van der Waals surface area contributed by atoms with Gasteiger partial charge in [0.15, 0.2) is 5.96 Å². The monoisotopic (exact) mass is 394 g/mol. The van der Waals surface area contributed by atoms with Crippen LogP contribution in [0.3, 0.4) is 0 Å². The molecule has 1 heterocycles. The molecule has 2 aliphatic rings. The van der Waals surface area contributed by atoms with E-state index >= 15 is 0 Å². The molecule has 2 fully saturated rings. The molecule has 0 spiro atoms. The summed E-state index contributed by atoms with van der Waals surface area (Å²) in [6, 6.07) is 0.267. The highest BCUT2D eigenvalue weighted by Crippen LogP contribution is 2.26. The van der Waals surface area contributed by atoms with Crippen molar-refractivity contribution < 1.29 is 4.79 Å². The maximum atomic E-state index is 12.4. The third-order valence-corrected chi connectivity index (χ3v) is 4.13. The topological polar surface area (TPSA) is 70.7 Å². The minimum Gasteiger partial charge on any atom is -0.370 e. The molecule has 1 amide bonds. The van der Waals surface area contributed by atoms with Gasteiger partial charge in [0.1, 0.15) is 0 Å². The van der Waals surface area contributed by atoms with Crippen LogP contribution < -0.4 is 11.1 Å². The Morgan fingerprint density at radius 1 is 1.30 bits per heavy atom. The Bertz CT molecular complexity index is 342. The van der Waals surface area contributed by atoms with E-state index in [0.717, 1.165) is 32.4 Å². The van der Waals surface area contributed by atoms with E-state index in [1.807, 2.05) is 11.8 Å². The largest absolute Gasteiger partial charge is 0.370 e. The van der Waals surface area contributed by atoms with Crippen LogP contribution in [0, 0.1) is 5.92 Å². The smallest absolute Gasteiger partial charge is 0.225 e. The molecule has 2 rings (SSSR count). The Kier molecular flexibility index (Phi) is 7.61. The molecule has 1 aliphatic heterocycles. The summed E-state index contributed by atoms with van der Waals surface area (Å²) >= 11 is 0. The second-order valence-electron chi connectivity index (χ2n) is 5.61. The summed E-state index contributed by atoms with van der Waals surface area (Å²) in [6.07, 6.45) is 6.83. The molecule has 0 radical (unpaired) electrons. The van der Waals surface area contributed by atoms with Crippen LogP contribution in [0.2, 0.25) is 0 Å². The Labute approximate surface area is 138 Å².